The maximum absolute atomic E-state index is 12.9. The number of anilines is 1. The number of aromatic nitrogens is 2. The van der Waals surface area contributed by atoms with Gasteiger partial charge < -0.3 is 4.90 Å². The van der Waals surface area contributed by atoms with E-state index in [0.29, 0.717) is 11.4 Å². The molecule has 1 aromatic rings. The van der Waals surface area contributed by atoms with Crippen LogP contribution in [0, 0.1) is 0 Å². The molecule has 0 saturated carbocycles. The molecule has 0 unspecified atom stereocenters. The molecule has 13 heavy (non-hydrogen) atoms. The van der Waals surface area contributed by atoms with Gasteiger partial charge in [-0.1, -0.05) is 0 Å². The molecule has 0 aliphatic rings. The van der Waals surface area contributed by atoms with Crippen molar-refractivity contribution in [3.05, 3.63) is 6.07 Å². The second-order valence-corrected chi connectivity index (χ2v) is 3.29. The van der Waals surface area contributed by atoms with Crippen LogP contribution in [0.1, 0.15) is 6.92 Å². The summed E-state index contributed by atoms with van der Waals surface area (Å²) in [5, 5.41) is 3.77. The minimum Gasteiger partial charge on any atom is -0.361 e. The Balaban J connectivity index is 3.11. The van der Waals surface area contributed by atoms with Crippen molar-refractivity contribution in [3.8, 4) is 0 Å². The summed E-state index contributed by atoms with van der Waals surface area (Å²) in [4.78, 5) is 1.69. The average Bonchev–Trinajstić information content (AvgIpc) is 2.29. The van der Waals surface area contributed by atoms with Crippen molar-refractivity contribution in [2.24, 2.45) is 0 Å². The summed E-state index contributed by atoms with van der Waals surface area (Å²) in [7, 11) is 5.14. The lowest BCUT2D eigenvalue weighted by Crippen LogP contribution is -2.30. The first-order valence-electron chi connectivity index (χ1n) is 3.94. The molecule has 3 nitrogen and oxygen atoms in total. The van der Waals surface area contributed by atoms with Crippen molar-refractivity contribution in [2.75, 3.05) is 19.0 Å². The van der Waals surface area contributed by atoms with Crippen LogP contribution >= 0.6 is 0 Å². The third-order valence-corrected chi connectivity index (χ3v) is 1.70. The van der Waals surface area contributed by atoms with Gasteiger partial charge in [0.05, 0.1) is 0 Å². The fourth-order valence-corrected chi connectivity index (χ4v) is 1.07. The Hall–Kier alpha value is -1.07. The Morgan fingerprint density at radius 1 is 1.54 bits per heavy atom. The molecule has 0 atom stereocenters. The summed E-state index contributed by atoms with van der Waals surface area (Å²) in [5.41, 5.74) is 0.455. The van der Waals surface area contributed by atoms with Gasteiger partial charge >= 0.3 is 6.05 Å². The van der Waals surface area contributed by atoms with E-state index in [1.165, 1.54) is 0 Å². The highest BCUT2D eigenvalue weighted by Crippen LogP contribution is 2.18. The zero-order valence-electron chi connectivity index (χ0n) is 8.17. The fourth-order valence-electron chi connectivity index (χ4n) is 1.07. The van der Waals surface area contributed by atoms with Crippen LogP contribution in [0.3, 0.4) is 0 Å². The monoisotopic (exact) mass is 187 g/mol. The molecule has 1 aromatic heterocycles. The van der Waals surface area contributed by atoms with Crippen LogP contribution in [0.5, 0.6) is 0 Å². The Kier molecular flexibility index (Phi) is 2.32. The van der Waals surface area contributed by atoms with E-state index in [4.69, 9.17) is 0 Å². The van der Waals surface area contributed by atoms with E-state index in [1.54, 1.807) is 32.9 Å². The molecule has 0 bridgehead atoms. The minimum absolute atomic E-state index is 0.455. The highest BCUT2D eigenvalue weighted by molar-refractivity contribution is 6.31. The number of alkyl halides is 2. The van der Waals surface area contributed by atoms with E-state index in [9.17, 15) is 8.78 Å². The quantitative estimate of drug-likeness (QED) is 0.596. The molecule has 0 saturated heterocycles. The predicted octanol–water partition coefficient (Wildman–Crippen LogP) is -0.223. The van der Waals surface area contributed by atoms with Gasteiger partial charge in [-0.2, -0.15) is 13.9 Å². The molecule has 1 rings (SSSR count). The molecule has 6 heteroatoms. The van der Waals surface area contributed by atoms with Crippen LogP contribution in [0.4, 0.5) is 14.6 Å². The van der Waals surface area contributed by atoms with Crippen molar-refractivity contribution in [2.45, 2.75) is 13.0 Å². The van der Waals surface area contributed by atoms with E-state index >= 15 is 0 Å². The molecule has 72 valence electrons. The molecule has 0 aliphatic heterocycles. The average molecular weight is 187 g/mol. The molecular formula is C7H12BF2N3. The largest absolute Gasteiger partial charge is 0.361 e. The van der Waals surface area contributed by atoms with Crippen LogP contribution in [-0.4, -0.2) is 31.7 Å². The van der Waals surface area contributed by atoms with Crippen molar-refractivity contribution in [1.29, 1.82) is 0 Å². The van der Waals surface area contributed by atoms with Gasteiger partial charge in [0.25, 0.3) is 0 Å². The molecule has 0 radical (unpaired) electrons. The first-order chi connectivity index (χ1) is 5.82. The Labute approximate surface area is 76.7 Å². The van der Waals surface area contributed by atoms with Gasteiger partial charge in [-0.3, -0.25) is 0 Å². The van der Waals surface area contributed by atoms with E-state index in [-0.39, 0.29) is 0 Å². The molecule has 1 heterocycles. The lowest BCUT2D eigenvalue weighted by atomic mass is 10.1. The van der Waals surface area contributed by atoms with Crippen molar-refractivity contribution in [1.82, 2.24) is 9.78 Å². The Morgan fingerprint density at radius 3 is 2.31 bits per heavy atom. The Morgan fingerprint density at radius 2 is 2.08 bits per heavy atom. The first kappa shape index (κ1) is 10.0. The van der Waals surface area contributed by atoms with Crippen LogP contribution in [0.25, 0.3) is 0 Å². The van der Waals surface area contributed by atoms with Gasteiger partial charge in [-0.15, -0.1) is 0 Å². The fraction of sp³-hybridized carbons (Fsp3) is 0.571. The first-order valence-corrected chi connectivity index (χ1v) is 3.94. The van der Waals surface area contributed by atoms with E-state index < -0.39 is 6.05 Å². The molecule has 0 aliphatic carbocycles. The SMILES string of the molecule is Bc1cc(N(C)C)nn1C(C)(F)F. The van der Waals surface area contributed by atoms with Crippen molar-refractivity contribution < 1.29 is 8.78 Å². The molecule has 0 amide bonds. The van der Waals surface area contributed by atoms with Gasteiger partial charge in [0.15, 0.2) is 7.85 Å². The minimum atomic E-state index is -2.93. The standard InChI is InChI=1S/C7H12BF2N3/c1-7(9,10)13-5(8)4-6(11-13)12(2)3/h4H,8H2,1-3H3. The zero-order chi connectivity index (χ0) is 10.2. The van der Waals surface area contributed by atoms with Crippen LogP contribution in [-0.2, 0) is 6.05 Å². The lowest BCUT2D eigenvalue weighted by Gasteiger charge is -2.13. The summed E-state index contributed by atoms with van der Waals surface area (Å²) in [6, 6.07) is -1.31. The molecule has 0 fully saturated rings. The van der Waals surface area contributed by atoms with Crippen molar-refractivity contribution in [3.63, 3.8) is 0 Å². The predicted molar refractivity (Wildman–Crippen MR) is 50.6 cm³/mol. The van der Waals surface area contributed by atoms with Crippen molar-refractivity contribution >= 4 is 19.3 Å². The van der Waals surface area contributed by atoms with Crippen LogP contribution < -0.4 is 10.5 Å². The third-order valence-electron chi connectivity index (χ3n) is 1.70. The maximum Gasteiger partial charge on any atom is 0.340 e. The molecule has 0 aromatic carbocycles. The molecule has 0 spiro atoms. The van der Waals surface area contributed by atoms with Gasteiger partial charge in [-0.25, -0.2) is 4.68 Å². The number of hydrogen-bond donors (Lipinski definition) is 0. The second-order valence-electron chi connectivity index (χ2n) is 3.29. The van der Waals surface area contributed by atoms with E-state index in [0.717, 1.165) is 11.6 Å². The highest BCUT2D eigenvalue weighted by atomic mass is 19.3. The Bertz CT molecular complexity index is 303. The highest BCUT2D eigenvalue weighted by Gasteiger charge is 2.26. The zero-order valence-corrected chi connectivity index (χ0v) is 8.17. The van der Waals surface area contributed by atoms with Gasteiger partial charge in [0, 0.05) is 26.6 Å². The number of rotatable bonds is 2. The number of halogens is 2. The molecule has 0 N–H and O–H groups in total. The summed E-state index contributed by atoms with van der Waals surface area (Å²) in [5.74, 6) is 0.541. The summed E-state index contributed by atoms with van der Waals surface area (Å²) < 4.78 is 26.5. The van der Waals surface area contributed by atoms with Gasteiger partial charge in [0.1, 0.15) is 5.82 Å². The van der Waals surface area contributed by atoms with Crippen LogP contribution in [0.15, 0.2) is 6.07 Å². The van der Waals surface area contributed by atoms with Gasteiger partial charge in [0.2, 0.25) is 0 Å². The number of hydrogen-bond acceptors (Lipinski definition) is 2. The normalized spacial score (nSPS) is 11.8. The second kappa shape index (κ2) is 3.01. The van der Waals surface area contributed by atoms with E-state index in [1.807, 2.05) is 0 Å². The van der Waals surface area contributed by atoms with Gasteiger partial charge in [-0.05, 0) is 6.07 Å². The smallest absolute Gasteiger partial charge is 0.340 e. The lowest BCUT2D eigenvalue weighted by molar-refractivity contribution is -0.0691. The van der Waals surface area contributed by atoms with E-state index in [2.05, 4.69) is 5.10 Å². The molecular weight excluding hydrogens is 175 g/mol. The number of nitrogens with zero attached hydrogens (tertiary/aromatic N) is 3. The summed E-state index contributed by atoms with van der Waals surface area (Å²) in [6.45, 7) is 0.826. The topological polar surface area (TPSA) is 21.1 Å². The summed E-state index contributed by atoms with van der Waals surface area (Å²) in [6.07, 6.45) is 0. The van der Waals surface area contributed by atoms with Crippen LogP contribution in [0.2, 0.25) is 0 Å². The summed E-state index contributed by atoms with van der Waals surface area (Å²) >= 11 is 0. The maximum atomic E-state index is 12.9. The third kappa shape index (κ3) is 1.99.